The summed E-state index contributed by atoms with van der Waals surface area (Å²) in [5, 5.41) is 8.96. The van der Waals surface area contributed by atoms with Crippen molar-refractivity contribution in [3.05, 3.63) is 121 Å². The van der Waals surface area contributed by atoms with E-state index in [1.807, 2.05) is 84.9 Å². The Hall–Kier alpha value is -4.10. The molecule has 6 nitrogen and oxygen atoms in total. The molecule has 33 heavy (non-hydrogen) atoms. The Kier molecular flexibility index (Phi) is 4.45. The van der Waals surface area contributed by atoms with Crippen LogP contribution >= 0.6 is 11.3 Å². The van der Waals surface area contributed by atoms with Gasteiger partial charge in [-0.25, -0.2) is 0 Å². The molecule has 7 heteroatoms. The van der Waals surface area contributed by atoms with Crippen molar-refractivity contribution in [2.45, 2.75) is 6.04 Å². The number of thiazole rings is 1. The summed E-state index contributed by atoms with van der Waals surface area (Å²) in [7, 11) is 1.73. The summed E-state index contributed by atoms with van der Waals surface area (Å²) in [4.78, 5) is 29.1. The van der Waals surface area contributed by atoms with E-state index in [9.17, 15) is 9.59 Å². The van der Waals surface area contributed by atoms with Gasteiger partial charge in [-0.05, 0) is 11.6 Å². The average Bonchev–Trinajstić information content (AvgIpc) is 3.33. The highest BCUT2D eigenvalue weighted by atomic mass is 32.1. The second-order valence-electron chi connectivity index (χ2n) is 7.91. The maximum atomic E-state index is 13.9. The van der Waals surface area contributed by atoms with E-state index in [1.165, 1.54) is 11.3 Å². The molecule has 0 saturated carbocycles. The van der Waals surface area contributed by atoms with Crippen LogP contribution in [0.1, 0.15) is 22.7 Å². The number of hydrogen-bond acceptors (Lipinski definition) is 5. The fourth-order valence-electron chi connectivity index (χ4n) is 4.46. The molecule has 0 N–H and O–H groups in total. The molecule has 3 aromatic carbocycles. The van der Waals surface area contributed by atoms with Gasteiger partial charge in [-0.1, -0.05) is 90.2 Å². The fourth-order valence-corrected chi connectivity index (χ4v) is 5.50. The maximum absolute atomic E-state index is 13.9. The van der Waals surface area contributed by atoms with Gasteiger partial charge < -0.3 is 4.90 Å². The van der Waals surface area contributed by atoms with Crippen molar-refractivity contribution in [1.29, 1.82) is 0 Å². The van der Waals surface area contributed by atoms with Crippen LogP contribution in [0.3, 0.4) is 0 Å². The predicted molar refractivity (Wildman–Crippen MR) is 129 cm³/mol. The number of aromatic nitrogens is 1. The quantitative estimate of drug-likeness (QED) is 0.471. The van der Waals surface area contributed by atoms with Crippen LogP contribution < -0.4 is 19.8 Å². The van der Waals surface area contributed by atoms with Crippen LogP contribution in [-0.2, 0) is 4.79 Å². The summed E-state index contributed by atoms with van der Waals surface area (Å²) < 4.78 is 2.06. The van der Waals surface area contributed by atoms with Gasteiger partial charge in [0, 0.05) is 18.2 Å². The van der Waals surface area contributed by atoms with Crippen molar-refractivity contribution in [2.24, 2.45) is 10.2 Å². The molecule has 160 valence electrons. The molecule has 1 amide bonds. The molecule has 0 saturated heterocycles. The SMILES string of the molecule is CN1C(=O)C(=c2sc3n(c2=O)C(c2ccccc2)C(c2ccccc2)=NN=3)c2ccccc21. The third-order valence-corrected chi connectivity index (χ3v) is 7.08. The van der Waals surface area contributed by atoms with E-state index in [-0.39, 0.29) is 11.5 Å². The van der Waals surface area contributed by atoms with Gasteiger partial charge in [0.25, 0.3) is 11.5 Å². The molecule has 1 atom stereocenters. The predicted octanol–water partition coefficient (Wildman–Crippen LogP) is 2.71. The molecule has 6 rings (SSSR count). The summed E-state index contributed by atoms with van der Waals surface area (Å²) in [5.74, 6) is -0.187. The summed E-state index contributed by atoms with van der Waals surface area (Å²) in [5.41, 5.74) is 4.28. The van der Waals surface area contributed by atoms with Crippen LogP contribution in [0.15, 0.2) is 99.9 Å². The smallest absolute Gasteiger partial charge is 0.272 e. The number of hydrogen-bond donors (Lipinski definition) is 0. The van der Waals surface area contributed by atoms with Crippen LogP contribution in [0.25, 0.3) is 5.57 Å². The lowest BCUT2D eigenvalue weighted by atomic mass is 9.96. The van der Waals surface area contributed by atoms with Crippen LogP contribution in [0.4, 0.5) is 5.69 Å². The Labute approximate surface area is 193 Å². The highest BCUT2D eigenvalue weighted by Gasteiger charge is 2.34. The van der Waals surface area contributed by atoms with Gasteiger partial charge in [-0.2, -0.15) is 0 Å². The van der Waals surface area contributed by atoms with Gasteiger partial charge >= 0.3 is 0 Å². The van der Waals surface area contributed by atoms with Gasteiger partial charge in [0.05, 0.1) is 17.0 Å². The zero-order chi connectivity index (χ0) is 22.5. The van der Waals surface area contributed by atoms with E-state index in [2.05, 4.69) is 10.2 Å². The van der Waals surface area contributed by atoms with Gasteiger partial charge in [0.1, 0.15) is 10.6 Å². The largest absolute Gasteiger partial charge is 0.311 e. The Morgan fingerprint density at radius 2 is 1.48 bits per heavy atom. The minimum atomic E-state index is -0.441. The first-order chi connectivity index (χ1) is 16.1. The van der Waals surface area contributed by atoms with E-state index in [0.717, 1.165) is 22.4 Å². The first kappa shape index (κ1) is 19.6. The van der Waals surface area contributed by atoms with E-state index in [0.29, 0.717) is 20.6 Å². The molecule has 2 aliphatic rings. The number of fused-ring (bicyclic) bond motifs is 2. The number of nitrogens with zero attached hydrogens (tertiary/aromatic N) is 4. The fraction of sp³-hybridized carbons (Fsp3) is 0.0769. The van der Waals surface area contributed by atoms with Crippen molar-refractivity contribution >= 4 is 34.2 Å². The van der Waals surface area contributed by atoms with Crippen molar-refractivity contribution in [1.82, 2.24) is 4.57 Å². The number of carbonyl (C=O) groups excluding carboxylic acids is 1. The lowest BCUT2D eigenvalue weighted by Gasteiger charge is -2.22. The zero-order valence-corrected chi connectivity index (χ0v) is 18.5. The highest BCUT2D eigenvalue weighted by Crippen LogP contribution is 2.33. The van der Waals surface area contributed by atoms with Crippen molar-refractivity contribution in [3.63, 3.8) is 0 Å². The summed E-state index contributed by atoms with van der Waals surface area (Å²) in [6, 6.07) is 26.7. The Bertz CT molecular complexity index is 1620. The van der Waals surface area contributed by atoms with E-state index >= 15 is 0 Å². The number of anilines is 1. The van der Waals surface area contributed by atoms with E-state index in [4.69, 9.17) is 0 Å². The Balaban J connectivity index is 1.65. The molecular formula is C26H18N4O2S. The minimum absolute atomic E-state index is 0.187. The molecule has 0 aliphatic carbocycles. The minimum Gasteiger partial charge on any atom is -0.311 e. The first-order valence-electron chi connectivity index (χ1n) is 10.5. The van der Waals surface area contributed by atoms with Crippen molar-refractivity contribution < 1.29 is 4.79 Å². The lowest BCUT2D eigenvalue weighted by Crippen LogP contribution is -2.41. The lowest BCUT2D eigenvalue weighted by molar-refractivity contribution is -0.112. The number of para-hydroxylation sites is 1. The number of amides is 1. The van der Waals surface area contributed by atoms with Crippen LogP contribution in [0.2, 0.25) is 0 Å². The highest BCUT2D eigenvalue weighted by molar-refractivity contribution is 7.07. The van der Waals surface area contributed by atoms with Crippen LogP contribution in [0.5, 0.6) is 0 Å². The Morgan fingerprint density at radius 1 is 0.818 bits per heavy atom. The van der Waals surface area contributed by atoms with Crippen molar-refractivity contribution in [3.8, 4) is 0 Å². The van der Waals surface area contributed by atoms with Gasteiger partial charge in [-0.15, -0.1) is 10.2 Å². The van der Waals surface area contributed by atoms with Crippen LogP contribution in [-0.4, -0.2) is 23.2 Å². The van der Waals surface area contributed by atoms with Gasteiger partial charge in [0.2, 0.25) is 4.80 Å². The summed E-state index contributed by atoms with van der Waals surface area (Å²) in [6.45, 7) is 0. The third-order valence-electron chi connectivity index (χ3n) is 6.04. The molecule has 0 spiro atoms. The second kappa shape index (κ2) is 7.50. The molecule has 2 aliphatic heterocycles. The topological polar surface area (TPSA) is 67.0 Å². The number of carbonyl (C=O) groups is 1. The summed E-state index contributed by atoms with van der Waals surface area (Å²) >= 11 is 1.22. The molecule has 0 radical (unpaired) electrons. The molecule has 0 bridgehead atoms. The molecular weight excluding hydrogens is 432 g/mol. The Morgan fingerprint density at radius 3 is 2.24 bits per heavy atom. The molecule has 0 fully saturated rings. The zero-order valence-electron chi connectivity index (χ0n) is 17.7. The molecule has 1 aromatic heterocycles. The normalized spacial score (nSPS) is 18.5. The maximum Gasteiger partial charge on any atom is 0.272 e. The number of rotatable bonds is 2. The van der Waals surface area contributed by atoms with Gasteiger partial charge in [0.15, 0.2) is 0 Å². The molecule has 3 heterocycles. The summed E-state index contributed by atoms with van der Waals surface area (Å²) in [6.07, 6.45) is 0. The van der Waals surface area contributed by atoms with Crippen LogP contribution in [0, 0.1) is 0 Å². The molecule has 4 aromatic rings. The number of likely N-dealkylation sites (N-methyl/N-ethyl adjacent to an activating group) is 1. The standard InChI is InChI=1S/C26H18N4O2S/c1-29-19-15-9-8-14-18(19)20(24(29)31)23-25(32)30-22(17-12-6-3-7-13-17)21(27-28-26(30)33-23)16-10-4-2-5-11-16/h2-15,22H,1H3. The number of benzene rings is 3. The monoisotopic (exact) mass is 450 g/mol. The third kappa shape index (κ3) is 2.93. The second-order valence-corrected chi connectivity index (χ2v) is 8.89. The average molecular weight is 451 g/mol. The van der Waals surface area contributed by atoms with E-state index < -0.39 is 6.04 Å². The van der Waals surface area contributed by atoms with Crippen molar-refractivity contribution in [2.75, 3.05) is 11.9 Å². The first-order valence-corrected chi connectivity index (χ1v) is 11.4. The molecule has 1 unspecified atom stereocenters. The van der Waals surface area contributed by atoms with E-state index in [1.54, 1.807) is 16.5 Å². The van der Waals surface area contributed by atoms with Gasteiger partial charge in [-0.3, -0.25) is 14.2 Å².